The third-order valence-electron chi connectivity index (χ3n) is 2.97. The van der Waals surface area contributed by atoms with Gasteiger partial charge in [0.2, 0.25) is 0 Å². The van der Waals surface area contributed by atoms with Gasteiger partial charge in [-0.15, -0.1) is 0 Å². The number of hydrogen-bond acceptors (Lipinski definition) is 4. The monoisotopic (exact) mass is 359 g/mol. The number of nitrogens with one attached hydrogen (secondary N) is 1. The fourth-order valence-electron chi connectivity index (χ4n) is 1.90. The van der Waals surface area contributed by atoms with Crippen LogP contribution in [0.3, 0.4) is 0 Å². The summed E-state index contributed by atoms with van der Waals surface area (Å²) in [5, 5.41) is 13.4. The van der Waals surface area contributed by atoms with Gasteiger partial charge in [-0.3, -0.25) is 10.1 Å². The highest BCUT2D eigenvalue weighted by molar-refractivity contribution is 6.32. The number of nitro groups is 1. The van der Waals surface area contributed by atoms with Gasteiger partial charge in [-0.2, -0.15) is 13.2 Å². The van der Waals surface area contributed by atoms with Crippen LogP contribution in [-0.2, 0) is 6.18 Å². The van der Waals surface area contributed by atoms with Gasteiger partial charge < -0.3 is 10.1 Å². The van der Waals surface area contributed by atoms with Crippen LogP contribution in [-0.4, -0.2) is 11.5 Å². The van der Waals surface area contributed by atoms with Crippen LogP contribution in [0.4, 0.5) is 24.5 Å². The van der Waals surface area contributed by atoms with Gasteiger partial charge in [0.05, 0.1) is 15.5 Å². The molecule has 5 nitrogen and oxygen atoms in total. The predicted octanol–water partition coefficient (Wildman–Crippen LogP) is 5.31. The SMILES string of the molecule is [CH2]CNc1cc(Oc2ccc(C(F)(F)F)cc2Cl)ccc1[N+](=O)[O-]. The van der Waals surface area contributed by atoms with Crippen LogP contribution in [0.1, 0.15) is 5.56 Å². The Morgan fingerprint density at radius 2 is 1.96 bits per heavy atom. The second-order valence-electron chi connectivity index (χ2n) is 4.61. The molecule has 0 bridgehead atoms. The molecule has 1 N–H and O–H groups in total. The zero-order valence-electron chi connectivity index (χ0n) is 12.1. The number of hydrogen-bond donors (Lipinski definition) is 1. The second-order valence-corrected chi connectivity index (χ2v) is 5.02. The molecular formula is C15H11ClF3N2O3. The van der Waals surface area contributed by atoms with Gasteiger partial charge in [0, 0.05) is 18.7 Å². The van der Waals surface area contributed by atoms with Crippen molar-refractivity contribution in [2.45, 2.75) is 6.18 Å². The lowest BCUT2D eigenvalue weighted by Crippen LogP contribution is -2.04. The fraction of sp³-hybridized carbons (Fsp3) is 0.133. The van der Waals surface area contributed by atoms with E-state index >= 15 is 0 Å². The van der Waals surface area contributed by atoms with Crippen molar-refractivity contribution in [1.82, 2.24) is 0 Å². The first-order chi connectivity index (χ1) is 11.2. The van der Waals surface area contributed by atoms with E-state index in [0.717, 1.165) is 18.2 Å². The van der Waals surface area contributed by atoms with Crippen molar-refractivity contribution in [2.75, 3.05) is 11.9 Å². The molecule has 0 saturated carbocycles. The topological polar surface area (TPSA) is 64.4 Å². The number of nitro benzene ring substituents is 1. The fourth-order valence-corrected chi connectivity index (χ4v) is 2.12. The lowest BCUT2D eigenvalue weighted by molar-refractivity contribution is -0.384. The van der Waals surface area contributed by atoms with Crippen molar-refractivity contribution < 1.29 is 22.8 Å². The van der Waals surface area contributed by atoms with E-state index in [1.807, 2.05) is 0 Å². The molecule has 0 heterocycles. The summed E-state index contributed by atoms with van der Waals surface area (Å²) < 4.78 is 43.2. The molecule has 2 rings (SSSR count). The maximum absolute atomic E-state index is 12.6. The summed E-state index contributed by atoms with van der Waals surface area (Å²) in [6.07, 6.45) is -4.51. The van der Waals surface area contributed by atoms with Crippen molar-refractivity contribution in [3.63, 3.8) is 0 Å². The molecule has 0 aliphatic rings. The van der Waals surface area contributed by atoms with Gasteiger partial charge in [0.1, 0.15) is 17.2 Å². The maximum Gasteiger partial charge on any atom is 0.416 e. The molecule has 0 aromatic heterocycles. The third-order valence-corrected chi connectivity index (χ3v) is 3.26. The Labute approximate surface area is 140 Å². The average Bonchev–Trinajstić information content (AvgIpc) is 2.48. The second kappa shape index (κ2) is 6.96. The van der Waals surface area contributed by atoms with Gasteiger partial charge in [-0.25, -0.2) is 0 Å². The van der Waals surface area contributed by atoms with Crippen LogP contribution < -0.4 is 10.1 Å². The summed E-state index contributed by atoms with van der Waals surface area (Å²) in [4.78, 5) is 10.4. The highest BCUT2D eigenvalue weighted by Gasteiger charge is 2.31. The molecule has 2 aromatic carbocycles. The Kier molecular flexibility index (Phi) is 5.18. The summed E-state index contributed by atoms with van der Waals surface area (Å²) >= 11 is 5.81. The Morgan fingerprint density at radius 1 is 1.25 bits per heavy atom. The van der Waals surface area contributed by atoms with Crippen LogP contribution in [0.25, 0.3) is 0 Å². The predicted molar refractivity (Wildman–Crippen MR) is 83.5 cm³/mol. The van der Waals surface area contributed by atoms with Crippen LogP contribution in [0.2, 0.25) is 5.02 Å². The Morgan fingerprint density at radius 3 is 2.50 bits per heavy atom. The lowest BCUT2D eigenvalue weighted by atomic mass is 10.2. The Hall–Kier alpha value is -2.48. The molecule has 0 atom stereocenters. The van der Waals surface area contributed by atoms with Crippen molar-refractivity contribution in [3.8, 4) is 11.5 Å². The van der Waals surface area contributed by atoms with Crippen LogP contribution in [0.15, 0.2) is 36.4 Å². The molecule has 24 heavy (non-hydrogen) atoms. The van der Waals surface area contributed by atoms with Crippen molar-refractivity contribution in [1.29, 1.82) is 0 Å². The van der Waals surface area contributed by atoms with E-state index in [0.29, 0.717) is 0 Å². The summed E-state index contributed by atoms with van der Waals surface area (Å²) in [6.45, 7) is 3.74. The van der Waals surface area contributed by atoms with Crippen LogP contribution in [0.5, 0.6) is 11.5 Å². The molecule has 0 aliphatic heterocycles. The maximum atomic E-state index is 12.6. The van der Waals surface area contributed by atoms with E-state index in [9.17, 15) is 23.3 Å². The number of rotatable bonds is 5. The smallest absolute Gasteiger partial charge is 0.416 e. The number of alkyl halides is 3. The molecule has 1 radical (unpaired) electrons. The van der Waals surface area contributed by atoms with Crippen LogP contribution >= 0.6 is 11.6 Å². The first-order valence-electron chi connectivity index (χ1n) is 6.58. The molecule has 0 fully saturated rings. The Bertz CT molecular complexity index is 766. The number of halogens is 4. The molecule has 127 valence electrons. The minimum Gasteiger partial charge on any atom is -0.456 e. The van der Waals surface area contributed by atoms with E-state index < -0.39 is 16.7 Å². The summed E-state index contributed by atoms with van der Waals surface area (Å²) in [6, 6.07) is 6.54. The van der Waals surface area contributed by atoms with E-state index in [-0.39, 0.29) is 34.4 Å². The van der Waals surface area contributed by atoms with Crippen LogP contribution in [0, 0.1) is 17.0 Å². The zero-order valence-corrected chi connectivity index (χ0v) is 12.8. The number of benzene rings is 2. The minimum absolute atomic E-state index is 0.000840. The first kappa shape index (κ1) is 17.9. The molecule has 2 aromatic rings. The minimum atomic E-state index is -4.51. The molecule has 0 saturated heterocycles. The van der Waals surface area contributed by atoms with Crippen molar-refractivity contribution in [3.05, 3.63) is 64.0 Å². The zero-order chi connectivity index (χ0) is 17.9. The van der Waals surface area contributed by atoms with Crippen molar-refractivity contribution >= 4 is 23.0 Å². The lowest BCUT2D eigenvalue weighted by Gasteiger charge is -2.12. The molecular weight excluding hydrogens is 349 g/mol. The number of nitrogens with zero attached hydrogens (tertiary/aromatic N) is 1. The van der Waals surface area contributed by atoms with Gasteiger partial charge >= 0.3 is 6.18 Å². The summed E-state index contributed by atoms with van der Waals surface area (Å²) in [5.41, 5.74) is -0.900. The number of anilines is 1. The van der Waals surface area contributed by atoms with E-state index in [1.165, 1.54) is 18.2 Å². The highest BCUT2D eigenvalue weighted by Crippen LogP contribution is 2.37. The molecule has 0 amide bonds. The average molecular weight is 360 g/mol. The van der Waals surface area contributed by atoms with Gasteiger partial charge in [-0.05, 0) is 31.2 Å². The standard InChI is InChI=1S/C15H11ClF3N2O3/c1-2-20-12-8-10(4-5-13(12)21(22)23)24-14-6-3-9(7-11(14)16)15(17,18)19/h3-8,20H,1-2H2. The van der Waals surface area contributed by atoms with Gasteiger partial charge in [0.15, 0.2) is 0 Å². The molecule has 0 spiro atoms. The third kappa shape index (κ3) is 4.08. The van der Waals surface area contributed by atoms with Gasteiger partial charge in [0.25, 0.3) is 5.69 Å². The molecule has 0 unspecified atom stereocenters. The normalized spacial score (nSPS) is 11.2. The van der Waals surface area contributed by atoms with E-state index in [4.69, 9.17) is 16.3 Å². The molecule has 0 aliphatic carbocycles. The van der Waals surface area contributed by atoms with Gasteiger partial charge in [-0.1, -0.05) is 11.6 Å². The number of ether oxygens (including phenoxy) is 1. The summed E-state index contributed by atoms with van der Waals surface area (Å²) in [5.74, 6) is 0.178. The molecule has 9 heteroatoms. The van der Waals surface area contributed by atoms with Crippen molar-refractivity contribution in [2.24, 2.45) is 0 Å². The largest absolute Gasteiger partial charge is 0.456 e. The Balaban J connectivity index is 2.31. The van der Waals surface area contributed by atoms with E-state index in [2.05, 4.69) is 12.2 Å². The van der Waals surface area contributed by atoms with E-state index in [1.54, 1.807) is 0 Å². The quantitative estimate of drug-likeness (QED) is 0.580. The first-order valence-corrected chi connectivity index (χ1v) is 6.96. The highest BCUT2D eigenvalue weighted by atomic mass is 35.5. The summed E-state index contributed by atoms with van der Waals surface area (Å²) in [7, 11) is 0.